The average Bonchev–Trinajstić information content (AvgIpc) is 2.01. The van der Waals surface area contributed by atoms with Gasteiger partial charge in [0.05, 0.1) is 4.92 Å². The van der Waals surface area contributed by atoms with Crippen molar-refractivity contribution in [2.24, 2.45) is 0 Å². The number of hydrogen-bond donors (Lipinski definition) is 1. The summed E-state index contributed by atoms with van der Waals surface area (Å²) in [6, 6.07) is 0.907. The molecule has 0 aliphatic heterocycles. The van der Waals surface area contributed by atoms with Crippen molar-refractivity contribution in [2.75, 3.05) is 0 Å². The molecule has 0 unspecified atom stereocenters. The summed E-state index contributed by atoms with van der Waals surface area (Å²) < 4.78 is 24.5. The third-order valence-corrected chi connectivity index (χ3v) is 1.57. The molecule has 0 saturated heterocycles. The average molecular weight is 204 g/mol. The van der Waals surface area contributed by atoms with Gasteiger partial charge >= 0.3 is 5.69 Å². The molecule has 0 saturated carbocycles. The van der Waals surface area contributed by atoms with Crippen molar-refractivity contribution in [1.29, 1.82) is 0 Å². The van der Waals surface area contributed by atoms with Crippen LogP contribution in [-0.2, 0) is 0 Å². The molecule has 0 aromatic carbocycles. The highest BCUT2D eigenvalue weighted by Gasteiger charge is 2.26. The summed E-state index contributed by atoms with van der Waals surface area (Å²) in [5, 5.41) is 10.3. The number of rotatable bonds is 2. The Balaban J connectivity index is 3.53. The van der Waals surface area contributed by atoms with Gasteiger partial charge in [0.25, 0.3) is 11.9 Å². The molecule has 0 atom stereocenters. The second-order valence-corrected chi connectivity index (χ2v) is 2.64. The van der Waals surface area contributed by atoms with E-state index in [9.17, 15) is 23.7 Å². The van der Waals surface area contributed by atoms with E-state index in [-0.39, 0.29) is 5.69 Å². The van der Waals surface area contributed by atoms with Crippen LogP contribution >= 0.6 is 0 Å². The van der Waals surface area contributed by atoms with E-state index < -0.39 is 28.2 Å². The number of nitro groups is 1. The Morgan fingerprint density at radius 1 is 1.57 bits per heavy atom. The minimum Gasteiger partial charge on any atom is -0.352 e. The highest BCUT2D eigenvalue weighted by molar-refractivity contribution is 5.36. The van der Waals surface area contributed by atoms with Crippen molar-refractivity contribution >= 4 is 5.69 Å². The van der Waals surface area contributed by atoms with Crippen LogP contribution in [0.3, 0.4) is 0 Å². The third kappa shape index (κ3) is 1.76. The van der Waals surface area contributed by atoms with Gasteiger partial charge in [-0.2, -0.15) is 0 Å². The Labute approximate surface area is 76.5 Å². The van der Waals surface area contributed by atoms with Crippen molar-refractivity contribution in [3.8, 4) is 0 Å². The third-order valence-electron chi connectivity index (χ3n) is 1.57. The summed E-state index contributed by atoms with van der Waals surface area (Å²) in [6.45, 7) is 1.37. The van der Waals surface area contributed by atoms with Gasteiger partial charge in [0.1, 0.15) is 0 Å². The summed E-state index contributed by atoms with van der Waals surface area (Å²) >= 11 is 0. The lowest BCUT2D eigenvalue weighted by molar-refractivity contribution is -0.387. The first-order valence-electron chi connectivity index (χ1n) is 3.60. The minimum atomic E-state index is -3.07. The van der Waals surface area contributed by atoms with Gasteiger partial charge in [-0.3, -0.25) is 14.9 Å². The van der Waals surface area contributed by atoms with Crippen LogP contribution in [0.2, 0.25) is 0 Å². The fourth-order valence-corrected chi connectivity index (χ4v) is 1.05. The molecule has 0 radical (unpaired) electrons. The second-order valence-electron chi connectivity index (χ2n) is 2.64. The van der Waals surface area contributed by atoms with Gasteiger partial charge in [-0.15, -0.1) is 0 Å². The summed E-state index contributed by atoms with van der Waals surface area (Å²) in [6.07, 6.45) is -3.07. The molecule has 0 aliphatic carbocycles. The van der Waals surface area contributed by atoms with E-state index in [0.29, 0.717) is 0 Å². The Hall–Kier alpha value is -1.79. The molecule has 76 valence electrons. The van der Waals surface area contributed by atoms with Crippen LogP contribution in [0.25, 0.3) is 0 Å². The molecule has 0 amide bonds. The zero-order valence-electron chi connectivity index (χ0n) is 7.08. The summed E-state index contributed by atoms with van der Waals surface area (Å²) in [7, 11) is 0. The molecule has 1 aromatic rings. The molecule has 0 spiro atoms. The number of hydrogen-bond acceptors (Lipinski definition) is 3. The van der Waals surface area contributed by atoms with E-state index in [1.54, 1.807) is 0 Å². The summed E-state index contributed by atoms with van der Waals surface area (Å²) in [5.41, 5.74) is -2.89. The molecule has 0 aliphatic rings. The molecule has 1 heterocycles. The topological polar surface area (TPSA) is 76.0 Å². The zero-order chi connectivity index (χ0) is 10.9. The number of nitrogens with zero attached hydrogens (tertiary/aromatic N) is 1. The van der Waals surface area contributed by atoms with Crippen molar-refractivity contribution < 1.29 is 13.7 Å². The van der Waals surface area contributed by atoms with Gasteiger partial charge in [0, 0.05) is 11.8 Å². The largest absolute Gasteiger partial charge is 0.352 e. The van der Waals surface area contributed by atoms with Gasteiger partial charge in [0.2, 0.25) is 0 Å². The van der Waals surface area contributed by atoms with Crippen LogP contribution < -0.4 is 5.43 Å². The quantitative estimate of drug-likeness (QED) is 0.586. The molecule has 1 rings (SSSR count). The fourth-order valence-electron chi connectivity index (χ4n) is 1.05. The van der Waals surface area contributed by atoms with Gasteiger partial charge in [-0.1, -0.05) is 0 Å². The standard InChI is InChI=1S/C7H6F2N2O3/c1-3-2-4(12)6(11(13)14)5(10-3)7(8)9/h2,7H,1H3,(H,10,12). The molecular weight excluding hydrogens is 198 g/mol. The number of halogens is 2. The van der Waals surface area contributed by atoms with Crippen LogP contribution in [0.1, 0.15) is 17.8 Å². The van der Waals surface area contributed by atoms with Crippen molar-refractivity contribution in [3.63, 3.8) is 0 Å². The fraction of sp³-hybridized carbons (Fsp3) is 0.286. The first-order valence-corrected chi connectivity index (χ1v) is 3.60. The van der Waals surface area contributed by atoms with Gasteiger partial charge in [0.15, 0.2) is 5.69 Å². The maximum absolute atomic E-state index is 12.3. The lowest BCUT2D eigenvalue weighted by Crippen LogP contribution is -2.13. The number of pyridine rings is 1. The molecular formula is C7H6F2N2O3. The maximum Gasteiger partial charge on any atom is 0.341 e. The van der Waals surface area contributed by atoms with E-state index in [4.69, 9.17) is 0 Å². The highest BCUT2D eigenvalue weighted by Crippen LogP contribution is 2.23. The van der Waals surface area contributed by atoms with E-state index in [2.05, 4.69) is 4.98 Å². The van der Waals surface area contributed by atoms with Crippen LogP contribution in [0.4, 0.5) is 14.5 Å². The van der Waals surface area contributed by atoms with Crippen LogP contribution in [0, 0.1) is 17.0 Å². The van der Waals surface area contributed by atoms with Crippen LogP contribution in [-0.4, -0.2) is 9.91 Å². The van der Waals surface area contributed by atoms with E-state index in [1.165, 1.54) is 6.92 Å². The van der Waals surface area contributed by atoms with Gasteiger partial charge < -0.3 is 4.98 Å². The molecule has 0 bridgehead atoms. The molecule has 0 fully saturated rings. The van der Waals surface area contributed by atoms with Gasteiger partial charge in [-0.25, -0.2) is 8.78 Å². The SMILES string of the molecule is Cc1cc(=O)c([N+](=O)[O-])c(C(F)F)[nH]1. The minimum absolute atomic E-state index is 0.163. The van der Waals surface area contributed by atoms with E-state index in [1.807, 2.05) is 0 Å². The van der Waals surface area contributed by atoms with E-state index in [0.717, 1.165) is 6.07 Å². The number of aryl methyl sites for hydroxylation is 1. The predicted molar refractivity (Wildman–Crippen MR) is 43.4 cm³/mol. The summed E-state index contributed by atoms with van der Waals surface area (Å²) in [5.74, 6) is 0. The number of nitrogens with one attached hydrogen (secondary N) is 1. The Kier molecular flexibility index (Phi) is 2.59. The maximum atomic E-state index is 12.3. The Morgan fingerprint density at radius 2 is 2.14 bits per heavy atom. The number of H-pyrrole nitrogens is 1. The second kappa shape index (κ2) is 3.52. The zero-order valence-corrected chi connectivity index (χ0v) is 7.08. The van der Waals surface area contributed by atoms with Crippen molar-refractivity contribution in [1.82, 2.24) is 4.98 Å². The van der Waals surface area contributed by atoms with Gasteiger partial charge in [-0.05, 0) is 6.92 Å². The number of alkyl halides is 2. The first kappa shape index (κ1) is 10.3. The Morgan fingerprint density at radius 3 is 2.57 bits per heavy atom. The number of aromatic nitrogens is 1. The molecule has 14 heavy (non-hydrogen) atoms. The van der Waals surface area contributed by atoms with Crippen LogP contribution in [0.5, 0.6) is 0 Å². The molecule has 7 heteroatoms. The smallest absolute Gasteiger partial charge is 0.341 e. The molecule has 5 nitrogen and oxygen atoms in total. The molecule has 1 aromatic heterocycles. The lowest BCUT2D eigenvalue weighted by atomic mass is 10.2. The Bertz CT molecular complexity index is 427. The summed E-state index contributed by atoms with van der Waals surface area (Å²) in [4.78, 5) is 22.3. The monoisotopic (exact) mass is 204 g/mol. The van der Waals surface area contributed by atoms with Crippen molar-refractivity contribution in [3.05, 3.63) is 37.8 Å². The van der Waals surface area contributed by atoms with Crippen LogP contribution in [0.15, 0.2) is 10.9 Å². The first-order chi connectivity index (χ1) is 6.43. The number of aromatic amines is 1. The van der Waals surface area contributed by atoms with E-state index >= 15 is 0 Å². The van der Waals surface area contributed by atoms with Crippen molar-refractivity contribution in [2.45, 2.75) is 13.3 Å². The molecule has 1 N–H and O–H groups in total. The highest BCUT2D eigenvalue weighted by atomic mass is 19.3. The predicted octanol–water partition coefficient (Wildman–Crippen LogP) is 1.53. The lowest BCUT2D eigenvalue weighted by Gasteiger charge is -2.02. The normalized spacial score (nSPS) is 10.6.